The van der Waals surface area contributed by atoms with Crippen molar-refractivity contribution >= 4 is 21.8 Å². The summed E-state index contributed by atoms with van der Waals surface area (Å²) in [5.74, 6) is -1.15. The van der Waals surface area contributed by atoms with Crippen molar-refractivity contribution in [2.24, 2.45) is 0 Å². The molecule has 132 valence electrons. The summed E-state index contributed by atoms with van der Waals surface area (Å²) in [5, 5.41) is 0. The lowest BCUT2D eigenvalue weighted by Crippen LogP contribution is -2.38. The van der Waals surface area contributed by atoms with Gasteiger partial charge in [-0.3, -0.25) is 14.5 Å². The Morgan fingerprint density at radius 3 is 2.46 bits per heavy atom. The van der Waals surface area contributed by atoms with E-state index in [9.17, 15) is 18.0 Å². The SMILES string of the molecule is Cc1ccc2c(c1)C(=O)N(CCS(=O)(=O)NCCCN(C)C)C2=O. The first-order valence-electron chi connectivity index (χ1n) is 7.80. The minimum Gasteiger partial charge on any atom is -0.309 e. The number of amides is 2. The molecule has 0 radical (unpaired) electrons. The Kier molecular flexibility index (Phi) is 5.74. The van der Waals surface area contributed by atoms with Crippen LogP contribution in [0.1, 0.15) is 32.7 Å². The van der Waals surface area contributed by atoms with Crippen molar-refractivity contribution in [1.82, 2.24) is 14.5 Å². The van der Waals surface area contributed by atoms with Gasteiger partial charge in [-0.2, -0.15) is 0 Å². The van der Waals surface area contributed by atoms with E-state index in [1.54, 1.807) is 18.2 Å². The molecule has 0 saturated heterocycles. The highest BCUT2D eigenvalue weighted by molar-refractivity contribution is 7.89. The van der Waals surface area contributed by atoms with E-state index >= 15 is 0 Å². The Balaban J connectivity index is 1.93. The maximum absolute atomic E-state index is 12.3. The Labute approximate surface area is 142 Å². The molecule has 7 nitrogen and oxygen atoms in total. The van der Waals surface area contributed by atoms with Gasteiger partial charge in [-0.15, -0.1) is 0 Å². The molecule has 1 N–H and O–H groups in total. The average molecular weight is 353 g/mol. The van der Waals surface area contributed by atoms with E-state index in [1.165, 1.54) is 0 Å². The molecule has 0 aliphatic carbocycles. The largest absolute Gasteiger partial charge is 0.309 e. The molecule has 1 aliphatic rings. The first kappa shape index (κ1) is 18.6. The molecule has 1 heterocycles. The van der Waals surface area contributed by atoms with E-state index in [-0.39, 0.29) is 12.3 Å². The number of fused-ring (bicyclic) bond motifs is 1. The second-order valence-electron chi connectivity index (χ2n) is 6.18. The van der Waals surface area contributed by atoms with E-state index in [4.69, 9.17) is 0 Å². The van der Waals surface area contributed by atoms with Crippen LogP contribution in [0.25, 0.3) is 0 Å². The van der Waals surface area contributed by atoms with Crippen molar-refractivity contribution in [3.63, 3.8) is 0 Å². The van der Waals surface area contributed by atoms with Gasteiger partial charge in [0, 0.05) is 13.1 Å². The lowest BCUT2D eigenvalue weighted by molar-refractivity contribution is 0.0664. The van der Waals surface area contributed by atoms with Gasteiger partial charge in [0.15, 0.2) is 0 Å². The fourth-order valence-corrected chi connectivity index (χ4v) is 3.54. The molecule has 8 heteroatoms. The molecule has 0 spiro atoms. The van der Waals surface area contributed by atoms with Crippen molar-refractivity contribution in [3.05, 3.63) is 34.9 Å². The molecule has 1 aromatic rings. The lowest BCUT2D eigenvalue weighted by atomic mass is 10.1. The number of sulfonamides is 1. The van der Waals surface area contributed by atoms with Crippen LogP contribution in [0.3, 0.4) is 0 Å². The summed E-state index contributed by atoms with van der Waals surface area (Å²) in [6, 6.07) is 5.03. The van der Waals surface area contributed by atoms with Crippen LogP contribution in [0.4, 0.5) is 0 Å². The fourth-order valence-electron chi connectivity index (χ4n) is 2.51. The molecule has 0 saturated carbocycles. The lowest BCUT2D eigenvalue weighted by Gasteiger charge is -2.14. The number of aryl methyl sites for hydroxylation is 1. The molecule has 0 atom stereocenters. The van der Waals surface area contributed by atoms with Crippen LogP contribution < -0.4 is 4.72 Å². The van der Waals surface area contributed by atoms with Crippen LogP contribution in [0.2, 0.25) is 0 Å². The Bertz CT molecular complexity index is 744. The zero-order valence-corrected chi connectivity index (χ0v) is 15.0. The number of imide groups is 1. The van der Waals surface area contributed by atoms with Gasteiger partial charge >= 0.3 is 0 Å². The van der Waals surface area contributed by atoms with Gasteiger partial charge in [-0.05, 0) is 46.1 Å². The maximum atomic E-state index is 12.3. The van der Waals surface area contributed by atoms with Crippen molar-refractivity contribution in [1.29, 1.82) is 0 Å². The first-order chi connectivity index (χ1) is 11.2. The fraction of sp³-hybridized carbons (Fsp3) is 0.500. The van der Waals surface area contributed by atoms with Gasteiger partial charge in [0.25, 0.3) is 11.8 Å². The van der Waals surface area contributed by atoms with E-state index in [1.807, 2.05) is 25.9 Å². The molecule has 0 fully saturated rings. The third-order valence-corrected chi connectivity index (χ3v) is 5.18. The predicted molar refractivity (Wildman–Crippen MR) is 91.5 cm³/mol. The smallest absolute Gasteiger partial charge is 0.261 e. The number of nitrogens with zero attached hydrogens (tertiary/aromatic N) is 2. The minimum absolute atomic E-state index is 0.144. The number of carbonyl (C=O) groups is 2. The highest BCUT2D eigenvalue weighted by Crippen LogP contribution is 2.23. The second kappa shape index (κ2) is 7.42. The highest BCUT2D eigenvalue weighted by Gasteiger charge is 2.35. The molecule has 1 aromatic carbocycles. The van der Waals surface area contributed by atoms with Crippen molar-refractivity contribution in [2.75, 3.05) is 39.5 Å². The molecular weight excluding hydrogens is 330 g/mol. The van der Waals surface area contributed by atoms with E-state index in [0.717, 1.165) is 17.0 Å². The molecule has 0 bridgehead atoms. The Hall–Kier alpha value is -1.77. The van der Waals surface area contributed by atoms with Crippen LogP contribution >= 0.6 is 0 Å². The van der Waals surface area contributed by atoms with Crippen LogP contribution in [0, 0.1) is 6.92 Å². The minimum atomic E-state index is -3.52. The van der Waals surface area contributed by atoms with Crippen LogP contribution in [-0.4, -0.2) is 69.5 Å². The zero-order chi connectivity index (χ0) is 17.9. The third-order valence-electron chi connectivity index (χ3n) is 3.81. The summed E-state index contributed by atoms with van der Waals surface area (Å²) in [4.78, 5) is 27.5. The van der Waals surface area contributed by atoms with E-state index in [0.29, 0.717) is 24.1 Å². The second-order valence-corrected chi connectivity index (χ2v) is 8.11. The molecule has 1 aliphatic heterocycles. The quantitative estimate of drug-likeness (QED) is 0.542. The normalized spacial score (nSPS) is 14.6. The number of hydrogen-bond donors (Lipinski definition) is 1. The van der Waals surface area contributed by atoms with Crippen LogP contribution in [-0.2, 0) is 10.0 Å². The van der Waals surface area contributed by atoms with Gasteiger partial charge in [0.1, 0.15) is 0 Å². The Morgan fingerprint density at radius 2 is 1.79 bits per heavy atom. The monoisotopic (exact) mass is 353 g/mol. The molecule has 2 amide bonds. The third kappa shape index (κ3) is 4.40. The van der Waals surface area contributed by atoms with Gasteiger partial charge in [0.05, 0.1) is 16.9 Å². The number of nitrogens with one attached hydrogen (secondary N) is 1. The first-order valence-corrected chi connectivity index (χ1v) is 9.45. The molecule has 0 aromatic heterocycles. The van der Waals surface area contributed by atoms with Gasteiger partial charge in [0.2, 0.25) is 10.0 Å². The van der Waals surface area contributed by atoms with Gasteiger partial charge in [-0.25, -0.2) is 13.1 Å². The van der Waals surface area contributed by atoms with Gasteiger partial charge < -0.3 is 4.90 Å². The van der Waals surface area contributed by atoms with E-state index in [2.05, 4.69) is 4.72 Å². The maximum Gasteiger partial charge on any atom is 0.261 e. The topological polar surface area (TPSA) is 86.8 Å². The Morgan fingerprint density at radius 1 is 1.12 bits per heavy atom. The highest BCUT2D eigenvalue weighted by atomic mass is 32.2. The standard InChI is InChI=1S/C16H23N3O4S/c1-12-5-6-13-14(11-12)16(21)19(15(13)20)9-10-24(22,23)17-7-4-8-18(2)3/h5-6,11,17H,4,7-10H2,1-3H3. The number of carbonyl (C=O) groups excluding carboxylic acids is 2. The van der Waals surface area contributed by atoms with Crippen molar-refractivity contribution in [2.45, 2.75) is 13.3 Å². The summed E-state index contributed by atoms with van der Waals surface area (Å²) in [6.45, 7) is 2.80. The summed E-state index contributed by atoms with van der Waals surface area (Å²) in [5.41, 5.74) is 1.56. The zero-order valence-electron chi connectivity index (χ0n) is 14.2. The van der Waals surface area contributed by atoms with Gasteiger partial charge in [-0.1, -0.05) is 11.6 Å². The number of hydrogen-bond acceptors (Lipinski definition) is 5. The van der Waals surface area contributed by atoms with Crippen LogP contribution in [0.15, 0.2) is 18.2 Å². The molecule has 24 heavy (non-hydrogen) atoms. The summed E-state index contributed by atoms with van der Waals surface area (Å²) in [6.07, 6.45) is 0.693. The summed E-state index contributed by atoms with van der Waals surface area (Å²) in [7, 11) is 0.306. The average Bonchev–Trinajstić information content (AvgIpc) is 2.73. The number of benzene rings is 1. The summed E-state index contributed by atoms with van der Waals surface area (Å²) >= 11 is 0. The molecular formula is C16H23N3O4S. The van der Waals surface area contributed by atoms with E-state index < -0.39 is 21.8 Å². The molecule has 0 unspecified atom stereocenters. The number of rotatable bonds is 8. The molecule has 2 rings (SSSR count). The van der Waals surface area contributed by atoms with Crippen molar-refractivity contribution in [3.8, 4) is 0 Å². The van der Waals surface area contributed by atoms with Crippen LogP contribution in [0.5, 0.6) is 0 Å². The predicted octanol–water partition coefficient (Wildman–Crippen LogP) is 0.462. The summed E-state index contributed by atoms with van der Waals surface area (Å²) < 4.78 is 26.5. The van der Waals surface area contributed by atoms with Crippen molar-refractivity contribution < 1.29 is 18.0 Å².